The van der Waals surface area contributed by atoms with E-state index in [0.717, 1.165) is 13.0 Å². The van der Waals surface area contributed by atoms with Gasteiger partial charge in [0.25, 0.3) is 0 Å². The molecule has 1 fully saturated rings. The fraction of sp³-hybridized carbons (Fsp3) is 0.615. The molecule has 0 saturated carbocycles. The Hall–Kier alpha value is -1.12. The Balaban J connectivity index is 1.75. The summed E-state index contributed by atoms with van der Waals surface area (Å²) in [5.74, 6) is 0.969. The van der Waals surface area contributed by atoms with Crippen LogP contribution in [-0.4, -0.2) is 51.1 Å². The van der Waals surface area contributed by atoms with Gasteiger partial charge in [0, 0.05) is 31.6 Å². The Kier molecular flexibility index (Phi) is 5.60. The first-order valence-corrected chi connectivity index (χ1v) is 9.47. The molecule has 2 heterocycles. The maximum Gasteiger partial charge on any atom is 0.214 e. The number of nitrogens with one attached hydrogen (secondary N) is 2. The van der Waals surface area contributed by atoms with Crippen molar-refractivity contribution >= 4 is 27.3 Å². The number of hydrogen-bond acceptors (Lipinski definition) is 4. The molecule has 0 bridgehead atoms. The molecule has 0 aromatic carbocycles. The van der Waals surface area contributed by atoms with Crippen molar-refractivity contribution in [1.29, 1.82) is 0 Å². The summed E-state index contributed by atoms with van der Waals surface area (Å²) in [6, 6.07) is 2.09. The largest absolute Gasteiger partial charge is 0.355 e. The third kappa shape index (κ3) is 4.42. The molecule has 0 amide bonds. The van der Waals surface area contributed by atoms with E-state index >= 15 is 0 Å². The molecular weight excluding hydrogens is 308 g/mol. The molecule has 0 aliphatic carbocycles. The van der Waals surface area contributed by atoms with Crippen LogP contribution in [0.2, 0.25) is 0 Å². The highest BCUT2D eigenvalue weighted by Crippen LogP contribution is 2.14. The van der Waals surface area contributed by atoms with Crippen molar-refractivity contribution < 1.29 is 8.42 Å². The molecule has 1 aliphatic heterocycles. The van der Waals surface area contributed by atoms with Crippen LogP contribution in [0.5, 0.6) is 0 Å². The average Bonchev–Trinajstić information content (AvgIpc) is 3.00. The van der Waals surface area contributed by atoms with Crippen LogP contribution in [0, 0.1) is 6.92 Å². The van der Waals surface area contributed by atoms with Gasteiger partial charge in [0.1, 0.15) is 0 Å². The van der Waals surface area contributed by atoms with Gasteiger partial charge in [-0.05, 0) is 30.4 Å². The van der Waals surface area contributed by atoms with Crippen molar-refractivity contribution in [2.24, 2.45) is 4.99 Å². The highest BCUT2D eigenvalue weighted by Gasteiger charge is 2.27. The lowest BCUT2D eigenvalue weighted by molar-refractivity contribution is 0.445. The van der Waals surface area contributed by atoms with Gasteiger partial charge in [-0.25, -0.2) is 12.7 Å². The van der Waals surface area contributed by atoms with Crippen LogP contribution >= 0.6 is 11.3 Å². The molecule has 1 saturated heterocycles. The molecule has 0 unspecified atom stereocenters. The predicted molar refractivity (Wildman–Crippen MR) is 87.2 cm³/mol. The summed E-state index contributed by atoms with van der Waals surface area (Å²) in [6.45, 7) is 4.49. The summed E-state index contributed by atoms with van der Waals surface area (Å²) in [6.07, 6.45) is 0.729. The Morgan fingerprint density at radius 2 is 2.29 bits per heavy atom. The Labute approximate surface area is 130 Å². The van der Waals surface area contributed by atoms with Crippen molar-refractivity contribution in [1.82, 2.24) is 14.9 Å². The topological polar surface area (TPSA) is 73.8 Å². The lowest BCUT2D eigenvalue weighted by Crippen LogP contribution is -2.41. The molecule has 1 aromatic rings. The van der Waals surface area contributed by atoms with E-state index in [2.05, 4.69) is 34.0 Å². The number of hydrogen-bond donors (Lipinski definition) is 2. The second-order valence-corrected chi connectivity index (χ2v) is 8.04. The summed E-state index contributed by atoms with van der Waals surface area (Å²) >= 11 is 1.71. The number of aryl methyl sites for hydroxylation is 1. The van der Waals surface area contributed by atoms with Gasteiger partial charge >= 0.3 is 0 Å². The van der Waals surface area contributed by atoms with Gasteiger partial charge in [-0.2, -0.15) is 0 Å². The van der Waals surface area contributed by atoms with Crippen molar-refractivity contribution in [2.75, 3.05) is 32.4 Å². The van der Waals surface area contributed by atoms with Crippen LogP contribution in [0.15, 0.2) is 16.4 Å². The van der Waals surface area contributed by atoms with Crippen LogP contribution in [-0.2, 0) is 16.6 Å². The highest BCUT2D eigenvalue weighted by molar-refractivity contribution is 7.89. The van der Waals surface area contributed by atoms with Crippen LogP contribution in [0.3, 0.4) is 0 Å². The Morgan fingerprint density at radius 1 is 1.48 bits per heavy atom. The van der Waals surface area contributed by atoms with Gasteiger partial charge in [-0.1, -0.05) is 0 Å². The van der Waals surface area contributed by atoms with Crippen molar-refractivity contribution in [3.05, 3.63) is 21.9 Å². The first kappa shape index (κ1) is 16.3. The van der Waals surface area contributed by atoms with E-state index in [4.69, 9.17) is 0 Å². The summed E-state index contributed by atoms with van der Waals surface area (Å²) in [5.41, 5.74) is 1.27. The summed E-state index contributed by atoms with van der Waals surface area (Å²) in [4.78, 5) is 5.43. The fourth-order valence-electron chi connectivity index (χ4n) is 2.21. The van der Waals surface area contributed by atoms with Gasteiger partial charge in [0.05, 0.1) is 12.3 Å². The minimum Gasteiger partial charge on any atom is -0.355 e. The molecule has 8 heteroatoms. The number of thiophene rings is 1. The average molecular weight is 330 g/mol. The molecule has 21 heavy (non-hydrogen) atoms. The number of guanidine groups is 1. The molecule has 0 spiro atoms. The van der Waals surface area contributed by atoms with E-state index in [1.165, 1.54) is 14.7 Å². The normalized spacial score (nSPS) is 18.9. The SMILES string of the molecule is CN=C(NCCN1CCCS1(=O)=O)NCc1sccc1C. The number of rotatable bonds is 5. The maximum absolute atomic E-state index is 11.7. The van der Waals surface area contributed by atoms with Crippen LogP contribution in [0.1, 0.15) is 16.9 Å². The van der Waals surface area contributed by atoms with E-state index in [1.54, 1.807) is 18.4 Å². The van der Waals surface area contributed by atoms with Gasteiger partial charge in [-0.15, -0.1) is 11.3 Å². The predicted octanol–water partition coefficient (Wildman–Crippen LogP) is 0.757. The second kappa shape index (κ2) is 7.24. The van der Waals surface area contributed by atoms with Gasteiger partial charge in [0.15, 0.2) is 5.96 Å². The first-order valence-electron chi connectivity index (χ1n) is 6.98. The smallest absolute Gasteiger partial charge is 0.214 e. The van der Waals surface area contributed by atoms with Crippen LogP contribution in [0.4, 0.5) is 0 Å². The maximum atomic E-state index is 11.7. The zero-order valence-electron chi connectivity index (χ0n) is 12.4. The lowest BCUT2D eigenvalue weighted by Gasteiger charge is -2.16. The number of aliphatic imine (C=N–C) groups is 1. The zero-order valence-corrected chi connectivity index (χ0v) is 14.1. The Morgan fingerprint density at radius 3 is 2.86 bits per heavy atom. The summed E-state index contributed by atoms with van der Waals surface area (Å²) in [7, 11) is -1.30. The van der Waals surface area contributed by atoms with Crippen LogP contribution < -0.4 is 10.6 Å². The minimum absolute atomic E-state index is 0.275. The van der Waals surface area contributed by atoms with E-state index < -0.39 is 10.0 Å². The Bertz CT molecular complexity index is 595. The molecule has 2 N–H and O–H groups in total. The van der Waals surface area contributed by atoms with E-state index in [0.29, 0.717) is 25.6 Å². The van der Waals surface area contributed by atoms with Crippen molar-refractivity contribution in [3.8, 4) is 0 Å². The van der Waals surface area contributed by atoms with Gasteiger partial charge in [-0.3, -0.25) is 4.99 Å². The second-order valence-electron chi connectivity index (χ2n) is 4.95. The van der Waals surface area contributed by atoms with E-state index in [1.807, 2.05) is 0 Å². The van der Waals surface area contributed by atoms with Crippen LogP contribution in [0.25, 0.3) is 0 Å². The molecule has 0 radical (unpaired) electrons. The quantitative estimate of drug-likeness (QED) is 0.617. The monoisotopic (exact) mass is 330 g/mol. The van der Waals surface area contributed by atoms with E-state index in [9.17, 15) is 8.42 Å². The highest BCUT2D eigenvalue weighted by atomic mass is 32.2. The first-order chi connectivity index (χ1) is 10.0. The van der Waals surface area contributed by atoms with Gasteiger partial charge < -0.3 is 10.6 Å². The number of nitrogens with zero attached hydrogens (tertiary/aromatic N) is 2. The van der Waals surface area contributed by atoms with Crippen molar-refractivity contribution in [2.45, 2.75) is 19.9 Å². The minimum atomic E-state index is -3.01. The fourth-order valence-corrected chi connectivity index (χ4v) is 4.59. The molecule has 0 atom stereocenters. The molecule has 1 aliphatic rings. The molecule has 6 nitrogen and oxygen atoms in total. The molecule has 2 rings (SSSR count). The zero-order chi connectivity index (χ0) is 15.3. The molecule has 118 valence electrons. The lowest BCUT2D eigenvalue weighted by atomic mass is 10.3. The van der Waals surface area contributed by atoms with E-state index in [-0.39, 0.29) is 5.75 Å². The third-order valence-electron chi connectivity index (χ3n) is 3.47. The van der Waals surface area contributed by atoms with Crippen molar-refractivity contribution in [3.63, 3.8) is 0 Å². The van der Waals surface area contributed by atoms with Gasteiger partial charge in [0.2, 0.25) is 10.0 Å². The summed E-state index contributed by atoms with van der Waals surface area (Å²) < 4.78 is 24.9. The summed E-state index contributed by atoms with van der Waals surface area (Å²) in [5, 5.41) is 8.46. The molecular formula is C13H22N4O2S2. The standard InChI is InChI=1S/C13H22N4O2S2/c1-11-4-8-20-12(11)10-16-13(14-2)15-5-7-17-6-3-9-21(17,18)19/h4,8H,3,5-7,9-10H2,1-2H3,(H2,14,15,16). The number of sulfonamides is 1. The third-order valence-corrected chi connectivity index (χ3v) is 6.44. The molecule has 1 aromatic heterocycles.